The number of hydrogen-bond donors (Lipinski definition) is 0. The fraction of sp³-hybridized carbons (Fsp3) is 0.489. The minimum absolute atomic E-state index is 0. The van der Waals surface area contributed by atoms with E-state index in [1.807, 2.05) is 52.0 Å². The van der Waals surface area contributed by atoms with Crippen LogP contribution in [0.4, 0.5) is 0 Å². The molecule has 4 atom stereocenters. The van der Waals surface area contributed by atoms with Gasteiger partial charge in [-0.05, 0) is 77.2 Å². The van der Waals surface area contributed by atoms with Crippen molar-refractivity contribution in [3.05, 3.63) is 95.2 Å². The van der Waals surface area contributed by atoms with Crippen molar-refractivity contribution in [2.24, 2.45) is 23.7 Å². The molecule has 1 fully saturated rings. The Labute approximate surface area is 358 Å². The molecule has 3 aromatic heterocycles. The number of carbonyl (C=O) groups is 4. The zero-order valence-corrected chi connectivity index (χ0v) is 37.1. The molecule has 6 rings (SSSR count). The van der Waals surface area contributed by atoms with Crippen LogP contribution in [0.15, 0.2) is 23.0 Å². The van der Waals surface area contributed by atoms with E-state index in [1.165, 1.54) is 38.4 Å². The van der Waals surface area contributed by atoms with Gasteiger partial charge in [0.2, 0.25) is 0 Å². The molecule has 0 unspecified atom stereocenters. The number of ether oxygens (including phenoxy) is 2. The van der Waals surface area contributed by atoms with Crippen molar-refractivity contribution in [1.82, 2.24) is 15.0 Å². The van der Waals surface area contributed by atoms with Gasteiger partial charge in [0.15, 0.2) is 5.78 Å². The van der Waals surface area contributed by atoms with Crippen molar-refractivity contribution in [2.45, 2.75) is 113 Å². The predicted octanol–water partition coefficient (Wildman–Crippen LogP) is 7.09. The van der Waals surface area contributed by atoms with Gasteiger partial charge in [-0.2, -0.15) is 11.4 Å². The molecule has 0 amide bonds. The molecule has 58 heavy (non-hydrogen) atoms. The number of esters is 2. The number of allylic oxidation sites excluding steroid dienone is 3. The summed E-state index contributed by atoms with van der Waals surface area (Å²) in [6.07, 6.45) is 16.6. The van der Waals surface area contributed by atoms with Crippen LogP contribution in [-0.4, -0.2) is 60.8 Å². The van der Waals surface area contributed by atoms with Crippen LogP contribution in [0.1, 0.15) is 152 Å². The second-order valence-electron chi connectivity index (χ2n) is 16.1. The van der Waals surface area contributed by atoms with Gasteiger partial charge in [0, 0.05) is 17.5 Å². The molecule has 3 aromatic rings. The van der Waals surface area contributed by atoms with Crippen LogP contribution in [0.2, 0.25) is 0 Å². The molecule has 2 aliphatic heterocycles. The van der Waals surface area contributed by atoms with E-state index in [0.717, 1.165) is 41.5 Å². The van der Waals surface area contributed by atoms with E-state index in [4.69, 9.17) is 29.7 Å². The summed E-state index contributed by atoms with van der Waals surface area (Å²) in [5.74, 6) is -2.54. The molecule has 0 aromatic carbocycles. The molecule has 0 saturated carbocycles. The number of aromatic nitrogens is 3. The number of aldehydes is 1. The summed E-state index contributed by atoms with van der Waals surface area (Å²) >= 11 is 0. The summed E-state index contributed by atoms with van der Waals surface area (Å²) < 4.78 is 10.9. The van der Waals surface area contributed by atoms with Crippen molar-refractivity contribution >= 4 is 70.9 Å². The average molecular weight is 797 g/mol. The molecule has 5 heterocycles. The smallest absolute Gasteiger partial charge is 0.664 e. The maximum Gasteiger partial charge on any atom is 2.00 e. The minimum atomic E-state index is -1.25. The second-order valence-corrected chi connectivity index (χ2v) is 16.1. The normalized spacial score (nSPS) is 22.2. The number of hydrogen-bond acceptors (Lipinski definition) is 6. The summed E-state index contributed by atoms with van der Waals surface area (Å²) in [7, 11) is 1.27. The van der Waals surface area contributed by atoms with E-state index in [2.05, 4.69) is 27.7 Å². The third-order valence-corrected chi connectivity index (χ3v) is 12.3. The van der Waals surface area contributed by atoms with Crippen LogP contribution in [0, 0.1) is 44.4 Å². The Balaban J connectivity index is 0.00000641. The first-order valence-electron chi connectivity index (χ1n) is 20.6. The predicted molar refractivity (Wildman–Crippen MR) is 228 cm³/mol. The minimum Gasteiger partial charge on any atom is -0.664 e. The van der Waals surface area contributed by atoms with Crippen LogP contribution in [0.3, 0.4) is 0 Å². The summed E-state index contributed by atoms with van der Waals surface area (Å²) in [6.45, 7) is 16.6. The van der Waals surface area contributed by atoms with Crippen LogP contribution < -0.4 is 25.7 Å². The van der Waals surface area contributed by atoms with Crippen molar-refractivity contribution in [1.29, 1.82) is 0 Å². The van der Waals surface area contributed by atoms with Crippen molar-refractivity contribution < 1.29 is 28.7 Å². The van der Waals surface area contributed by atoms with Crippen LogP contribution in [0.25, 0.3) is 29.1 Å². The molecular weight excluding hydrogens is 741 g/mol. The van der Waals surface area contributed by atoms with Gasteiger partial charge < -0.3 is 29.7 Å². The second kappa shape index (κ2) is 19.1. The summed E-state index contributed by atoms with van der Waals surface area (Å²) in [5, 5.41) is 6.57. The van der Waals surface area contributed by atoms with Crippen molar-refractivity contribution in [2.75, 3.05) is 13.7 Å². The van der Waals surface area contributed by atoms with Gasteiger partial charge in [0.05, 0.1) is 7.11 Å². The van der Waals surface area contributed by atoms with Crippen LogP contribution >= 0.6 is 0 Å². The maximum atomic E-state index is 14.3. The number of nitrogens with zero attached hydrogens (tertiary/aromatic N) is 4. The molecule has 0 radical (unpaired) electrons. The van der Waals surface area contributed by atoms with E-state index >= 15 is 0 Å². The molecular formula is C47H56MgN4O6-2. The molecule has 0 N–H and O–H groups in total. The Morgan fingerprint density at radius 3 is 2.31 bits per heavy atom. The molecule has 304 valence electrons. The fourth-order valence-electron chi connectivity index (χ4n) is 8.69. The molecule has 8 bridgehead atoms. The molecule has 11 heteroatoms. The van der Waals surface area contributed by atoms with Gasteiger partial charge in [0.25, 0.3) is 0 Å². The standard InChI is InChI=1S/C47H58N4O6.Mg/c1-10-12-14-25(3)15-13-16-26(4)19-20-57-40(53)18-17-32-28(6)36-21-34-29(7)33(24-52)39(49-34)22-35-27(5)31(11-2)38(48-35)23-37-30(8)41-45(51-37)42(44(32)50-36)43(46(41)54)47(55)56-9;/h19,21-25,28,32,43H,10-18,20H2,1-9H3,(H2-2,48,49,50,51,52,54);/q-2;+2/p-2/b26-19-,36-21-;/t25-,28+,32+,43-;/m1./s1. The number of fused-ring (bicyclic) bond motifs is 7. The van der Waals surface area contributed by atoms with E-state index < -0.39 is 11.9 Å². The van der Waals surface area contributed by atoms with Gasteiger partial charge in [-0.25, -0.2) is 0 Å². The molecule has 3 aliphatic rings. The molecule has 1 aliphatic carbocycles. The van der Waals surface area contributed by atoms with Gasteiger partial charge >= 0.3 is 35.0 Å². The Morgan fingerprint density at radius 2 is 1.62 bits per heavy atom. The monoisotopic (exact) mass is 796 g/mol. The Kier molecular flexibility index (Phi) is 14.8. The van der Waals surface area contributed by atoms with E-state index in [9.17, 15) is 19.2 Å². The largest absolute Gasteiger partial charge is 2.00 e. The van der Waals surface area contributed by atoms with Gasteiger partial charge in [-0.3, -0.25) is 19.2 Å². The summed E-state index contributed by atoms with van der Waals surface area (Å²) in [6, 6.07) is 0. The first-order chi connectivity index (χ1) is 27.3. The van der Waals surface area contributed by atoms with E-state index in [-0.39, 0.29) is 59.7 Å². The number of Topliss-reactive ketones (excluding diaryl/α,β-unsaturated/α-hetero) is 1. The Hall–Kier alpha value is -4.35. The first-order valence-corrected chi connectivity index (χ1v) is 20.6. The van der Waals surface area contributed by atoms with Crippen molar-refractivity contribution in [3.63, 3.8) is 0 Å². The molecule has 10 nitrogen and oxygen atoms in total. The topological polar surface area (TPSA) is 143 Å². The molecule has 1 saturated heterocycles. The van der Waals surface area contributed by atoms with Gasteiger partial charge in [-0.1, -0.05) is 105 Å². The number of methoxy groups -OCH3 is 1. The van der Waals surface area contributed by atoms with Crippen molar-refractivity contribution in [3.8, 4) is 0 Å². The third-order valence-electron chi connectivity index (χ3n) is 12.3. The molecule has 0 spiro atoms. The van der Waals surface area contributed by atoms with Gasteiger partial charge in [-0.15, -0.1) is 33.5 Å². The van der Waals surface area contributed by atoms with Crippen LogP contribution in [-0.2, 0) is 25.5 Å². The fourth-order valence-corrected chi connectivity index (χ4v) is 8.69. The number of rotatable bonds is 15. The quantitative estimate of drug-likeness (QED) is 0.0518. The maximum absolute atomic E-state index is 14.3. The first kappa shape index (κ1) is 44.7. The number of carbonyl (C=O) groups excluding carboxylic acids is 4. The Bertz CT molecular complexity index is 2300. The van der Waals surface area contributed by atoms with Gasteiger partial charge in [0.1, 0.15) is 18.8 Å². The Morgan fingerprint density at radius 1 is 0.914 bits per heavy atom. The summed E-state index contributed by atoms with van der Waals surface area (Å²) in [4.78, 5) is 68.4. The third kappa shape index (κ3) is 8.81. The zero-order valence-electron chi connectivity index (χ0n) is 35.7. The number of ketones is 1. The number of unbranched alkanes of at least 4 members (excludes halogenated alkanes) is 1. The van der Waals surface area contributed by atoms with E-state index in [1.54, 1.807) is 0 Å². The summed E-state index contributed by atoms with van der Waals surface area (Å²) in [5.41, 5.74) is 9.11. The SMILES string of the molecule is CCCC[C@@H](C)CCC/C(C)=C\COC(=O)CC[C@@H]1/C2=C3/c4[n-]c(c(C)c4C(=O)[C@@H]3C(=O)OC)/C=c3\[n-]/c(c(C)c3CC)=C\c3[n-]c(c(C)c3C=O)/C=C(\[N-]2)[C@H]1C.[Mg+2]. The average Bonchev–Trinajstić information content (AvgIpc) is 3.93. The zero-order chi connectivity index (χ0) is 41.1. The van der Waals surface area contributed by atoms with Crippen LogP contribution in [0.5, 0.6) is 0 Å². The van der Waals surface area contributed by atoms with E-state index in [0.29, 0.717) is 80.2 Å².